The second-order valence-electron chi connectivity index (χ2n) is 4.02. The van der Waals surface area contributed by atoms with E-state index in [9.17, 15) is 0 Å². The Morgan fingerprint density at radius 3 is 2.62 bits per heavy atom. The van der Waals surface area contributed by atoms with Gasteiger partial charge in [-0.3, -0.25) is 0 Å². The Kier molecular flexibility index (Phi) is 6.18. The van der Waals surface area contributed by atoms with Crippen molar-refractivity contribution < 1.29 is 0 Å². The standard InChI is InChI=1S/C13H19Cl2N/c1-3-12(16-2)6-4-5-10-7-8-11(14)9-13(10)15/h7-9,12,16H,3-6H2,1-2H3. The molecule has 16 heavy (non-hydrogen) atoms. The molecule has 0 aliphatic heterocycles. The molecule has 0 fully saturated rings. The van der Waals surface area contributed by atoms with E-state index in [0.29, 0.717) is 11.1 Å². The van der Waals surface area contributed by atoms with Crippen LogP contribution in [0.2, 0.25) is 10.0 Å². The summed E-state index contributed by atoms with van der Waals surface area (Å²) < 4.78 is 0. The summed E-state index contributed by atoms with van der Waals surface area (Å²) in [7, 11) is 2.02. The highest BCUT2D eigenvalue weighted by Gasteiger charge is 2.05. The zero-order valence-electron chi connectivity index (χ0n) is 9.89. The van der Waals surface area contributed by atoms with E-state index in [1.807, 2.05) is 25.2 Å². The monoisotopic (exact) mass is 259 g/mol. The first-order valence-electron chi connectivity index (χ1n) is 5.78. The minimum absolute atomic E-state index is 0.617. The summed E-state index contributed by atoms with van der Waals surface area (Å²) in [4.78, 5) is 0. The minimum Gasteiger partial charge on any atom is -0.317 e. The Morgan fingerprint density at radius 2 is 2.06 bits per heavy atom. The predicted octanol–water partition coefficient (Wildman–Crippen LogP) is 4.31. The molecule has 0 aliphatic rings. The van der Waals surface area contributed by atoms with Crippen molar-refractivity contribution in [2.24, 2.45) is 0 Å². The van der Waals surface area contributed by atoms with Crippen LogP contribution < -0.4 is 5.32 Å². The number of nitrogens with one attached hydrogen (secondary N) is 1. The van der Waals surface area contributed by atoms with E-state index in [-0.39, 0.29) is 0 Å². The lowest BCUT2D eigenvalue weighted by Gasteiger charge is -2.13. The topological polar surface area (TPSA) is 12.0 Å². The van der Waals surface area contributed by atoms with E-state index in [4.69, 9.17) is 23.2 Å². The van der Waals surface area contributed by atoms with E-state index in [1.54, 1.807) is 0 Å². The molecule has 0 heterocycles. The van der Waals surface area contributed by atoms with E-state index >= 15 is 0 Å². The second kappa shape index (κ2) is 7.16. The predicted molar refractivity (Wildman–Crippen MR) is 72.5 cm³/mol. The first-order valence-corrected chi connectivity index (χ1v) is 6.54. The lowest BCUT2D eigenvalue weighted by molar-refractivity contribution is 0.492. The number of halogens is 2. The highest BCUT2D eigenvalue weighted by molar-refractivity contribution is 6.35. The van der Waals surface area contributed by atoms with Gasteiger partial charge in [0, 0.05) is 16.1 Å². The molecule has 0 radical (unpaired) electrons. The maximum Gasteiger partial charge on any atom is 0.0452 e. The van der Waals surface area contributed by atoms with Gasteiger partial charge in [0.2, 0.25) is 0 Å². The molecule has 90 valence electrons. The fraction of sp³-hybridized carbons (Fsp3) is 0.538. The summed E-state index contributed by atoms with van der Waals surface area (Å²) in [5.41, 5.74) is 1.19. The molecule has 0 aromatic heterocycles. The van der Waals surface area contributed by atoms with Crippen molar-refractivity contribution in [1.29, 1.82) is 0 Å². The van der Waals surface area contributed by atoms with E-state index in [1.165, 1.54) is 18.4 Å². The van der Waals surface area contributed by atoms with Crippen LogP contribution >= 0.6 is 23.2 Å². The summed E-state index contributed by atoms with van der Waals surface area (Å²) in [5, 5.41) is 4.79. The van der Waals surface area contributed by atoms with E-state index in [0.717, 1.165) is 17.9 Å². The number of rotatable bonds is 6. The maximum atomic E-state index is 6.11. The average molecular weight is 260 g/mol. The molecule has 1 aromatic rings. The van der Waals surface area contributed by atoms with E-state index in [2.05, 4.69) is 12.2 Å². The zero-order valence-corrected chi connectivity index (χ0v) is 11.4. The van der Waals surface area contributed by atoms with Gasteiger partial charge in [0.25, 0.3) is 0 Å². The van der Waals surface area contributed by atoms with Crippen LogP contribution in [0.4, 0.5) is 0 Å². The Balaban J connectivity index is 2.42. The van der Waals surface area contributed by atoms with Crippen molar-refractivity contribution in [1.82, 2.24) is 5.32 Å². The zero-order chi connectivity index (χ0) is 12.0. The SMILES string of the molecule is CCC(CCCc1ccc(Cl)cc1Cl)NC. The molecule has 0 amide bonds. The fourth-order valence-corrected chi connectivity index (χ4v) is 2.32. The molecule has 1 unspecified atom stereocenters. The van der Waals surface area contributed by atoms with Crippen LogP contribution in [0.25, 0.3) is 0 Å². The van der Waals surface area contributed by atoms with Crippen molar-refractivity contribution in [3.8, 4) is 0 Å². The number of hydrogen-bond acceptors (Lipinski definition) is 1. The summed E-state index contributed by atoms with van der Waals surface area (Å²) in [6.45, 7) is 2.20. The smallest absolute Gasteiger partial charge is 0.0452 e. The Bertz CT molecular complexity index is 322. The summed E-state index contributed by atoms with van der Waals surface area (Å²) in [6, 6.07) is 6.35. The molecule has 0 saturated heterocycles. The first-order chi connectivity index (χ1) is 7.67. The lowest BCUT2D eigenvalue weighted by atomic mass is 10.0. The third kappa shape index (κ3) is 4.32. The van der Waals surface area contributed by atoms with Gasteiger partial charge >= 0.3 is 0 Å². The first kappa shape index (κ1) is 13.8. The van der Waals surface area contributed by atoms with E-state index < -0.39 is 0 Å². The summed E-state index contributed by atoms with van der Waals surface area (Å²) in [6.07, 6.45) is 4.53. The van der Waals surface area contributed by atoms with Gasteiger partial charge in [-0.25, -0.2) is 0 Å². The average Bonchev–Trinajstić information content (AvgIpc) is 2.27. The van der Waals surface area contributed by atoms with Gasteiger partial charge in [0.15, 0.2) is 0 Å². The quantitative estimate of drug-likeness (QED) is 0.803. The van der Waals surface area contributed by atoms with Gasteiger partial charge in [-0.05, 0) is 50.4 Å². The maximum absolute atomic E-state index is 6.11. The Labute approximate surface area is 108 Å². The van der Waals surface area contributed by atoms with Crippen LogP contribution in [0.5, 0.6) is 0 Å². The molecule has 0 spiro atoms. The lowest BCUT2D eigenvalue weighted by Crippen LogP contribution is -2.23. The van der Waals surface area contributed by atoms with Gasteiger partial charge < -0.3 is 5.32 Å². The Hall–Kier alpha value is -0.240. The third-order valence-electron chi connectivity index (χ3n) is 2.91. The second-order valence-corrected chi connectivity index (χ2v) is 4.87. The van der Waals surface area contributed by atoms with Crippen molar-refractivity contribution in [3.63, 3.8) is 0 Å². The third-order valence-corrected chi connectivity index (χ3v) is 3.50. The molecule has 0 saturated carbocycles. The van der Waals surface area contributed by atoms with Crippen LogP contribution in [0.15, 0.2) is 18.2 Å². The molecule has 3 heteroatoms. The highest BCUT2D eigenvalue weighted by Crippen LogP contribution is 2.22. The van der Waals surface area contributed by atoms with Crippen LogP contribution in [0.1, 0.15) is 31.7 Å². The number of hydrogen-bond donors (Lipinski definition) is 1. The van der Waals surface area contributed by atoms with Crippen LogP contribution in [0, 0.1) is 0 Å². The van der Waals surface area contributed by atoms with Crippen LogP contribution in [-0.4, -0.2) is 13.1 Å². The fourth-order valence-electron chi connectivity index (χ4n) is 1.82. The van der Waals surface area contributed by atoms with Crippen molar-refractivity contribution in [2.45, 2.75) is 38.6 Å². The van der Waals surface area contributed by atoms with Gasteiger partial charge in [-0.1, -0.05) is 36.2 Å². The molecule has 1 atom stereocenters. The van der Waals surface area contributed by atoms with Crippen LogP contribution in [-0.2, 0) is 6.42 Å². The molecule has 1 N–H and O–H groups in total. The molecular formula is C13H19Cl2N. The van der Waals surface area contributed by atoms with Gasteiger partial charge in [-0.15, -0.1) is 0 Å². The largest absolute Gasteiger partial charge is 0.317 e. The van der Waals surface area contributed by atoms with Gasteiger partial charge in [-0.2, -0.15) is 0 Å². The van der Waals surface area contributed by atoms with Gasteiger partial charge in [0.05, 0.1) is 0 Å². The van der Waals surface area contributed by atoms with Crippen LogP contribution in [0.3, 0.4) is 0 Å². The molecule has 0 aliphatic carbocycles. The van der Waals surface area contributed by atoms with Gasteiger partial charge in [0.1, 0.15) is 0 Å². The van der Waals surface area contributed by atoms with Crippen molar-refractivity contribution in [3.05, 3.63) is 33.8 Å². The molecular weight excluding hydrogens is 241 g/mol. The summed E-state index contributed by atoms with van der Waals surface area (Å²) in [5.74, 6) is 0. The summed E-state index contributed by atoms with van der Waals surface area (Å²) >= 11 is 12.0. The molecule has 1 aromatic carbocycles. The normalized spacial score (nSPS) is 12.8. The molecule has 0 bridgehead atoms. The minimum atomic E-state index is 0.617. The van der Waals surface area contributed by atoms with Crippen molar-refractivity contribution >= 4 is 23.2 Å². The Morgan fingerprint density at radius 1 is 1.31 bits per heavy atom. The number of benzene rings is 1. The molecule has 1 nitrogen and oxygen atoms in total. The van der Waals surface area contributed by atoms with Crippen molar-refractivity contribution in [2.75, 3.05) is 7.05 Å². The number of aryl methyl sites for hydroxylation is 1. The molecule has 1 rings (SSSR count). The highest BCUT2D eigenvalue weighted by atomic mass is 35.5.